The second kappa shape index (κ2) is 7.07. The summed E-state index contributed by atoms with van der Waals surface area (Å²) in [6.45, 7) is 15.1. The van der Waals surface area contributed by atoms with Gasteiger partial charge in [0.05, 0.1) is 11.2 Å². The van der Waals surface area contributed by atoms with Crippen molar-refractivity contribution in [2.24, 2.45) is 0 Å². The Morgan fingerprint density at radius 2 is 1.61 bits per heavy atom. The van der Waals surface area contributed by atoms with E-state index in [1.807, 2.05) is 26.8 Å². The van der Waals surface area contributed by atoms with Crippen LogP contribution in [0.4, 0.5) is 4.79 Å². The van der Waals surface area contributed by atoms with E-state index in [0.29, 0.717) is 13.1 Å². The Kier molecular flexibility index (Phi) is 5.35. The van der Waals surface area contributed by atoms with E-state index in [-0.39, 0.29) is 29.7 Å². The molecule has 0 unspecified atom stereocenters. The first-order valence-electron chi connectivity index (χ1n) is 10.2. The summed E-state index contributed by atoms with van der Waals surface area (Å²) >= 11 is 0. The molecule has 154 valence electrons. The molecule has 0 saturated carbocycles. The van der Waals surface area contributed by atoms with Gasteiger partial charge in [-0.3, -0.25) is 0 Å². The molecule has 0 N–H and O–H groups in total. The van der Waals surface area contributed by atoms with Crippen LogP contribution >= 0.6 is 0 Å². The highest BCUT2D eigenvalue weighted by atomic mass is 16.7. The third kappa shape index (κ3) is 4.23. The van der Waals surface area contributed by atoms with Crippen molar-refractivity contribution in [1.82, 2.24) is 4.90 Å². The third-order valence-electron chi connectivity index (χ3n) is 6.17. The number of rotatable bonds is 4. The van der Waals surface area contributed by atoms with Gasteiger partial charge in [-0.25, -0.2) is 4.79 Å². The Morgan fingerprint density at radius 1 is 1.07 bits per heavy atom. The van der Waals surface area contributed by atoms with Crippen molar-refractivity contribution in [3.05, 3.63) is 35.9 Å². The summed E-state index contributed by atoms with van der Waals surface area (Å²) in [7, 11) is -0.333. The van der Waals surface area contributed by atoms with Gasteiger partial charge >= 0.3 is 13.2 Å². The number of aryl methyl sites for hydroxylation is 1. The molecule has 2 aliphatic heterocycles. The van der Waals surface area contributed by atoms with Gasteiger partial charge < -0.3 is 18.9 Å². The van der Waals surface area contributed by atoms with Crippen LogP contribution < -0.4 is 0 Å². The molecular formula is C22H34BNO4. The van der Waals surface area contributed by atoms with Crippen LogP contribution in [0.5, 0.6) is 0 Å². The fraction of sp³-hybridized carbons (Fsp3) is 0.682. The van der Waals surface area contributed by atoms with Crippen molar-refractivity contribution in [2.75, 3.05) is 13.1 Å². The summed E-state index contributed by atoms with van der Waals surface area (Å²) < 4.78 is 18.3. The number of hydrogen-bond acceptors (Lipinski definition) is 4. The highest BCUT2D eigenvalue weighted by Crippen LogP contribution is 2.52. The maximum Gasteiger partial charge on any atom is 0.468 e. The molecule has 6 heteroatoms. The minimum absolute atomic E-state index is 0.224. The van der Waals surface area contributed by atoms with E-state index in [2.05, 4.69) is 52.0 Å². The summed E-state index contributed by atoms with van der Waals surface area (Å²) in [6, 6.07) is 10.4. The lowest BCUT2D eigenvalue weighted by molar-refractivity contribution is -0.00475. The molecule has 0 radical (unpaired) electrons. The Hall–Kier alpha value is -1.53. The molecule has 0 atom stereocenters. The van der Waals surface area contributed by atoms with Crippen molar-refractivity contribution < 1.29 is 18.8 Å². The number of ether oxygens (including phenoxy) is 1. The number of likely N-dealkylation sites (tertiary alicyclic amines) is 1. The standard InChI is InChI=1S/C22H34BNO4/c1-19(2,3)26-18(25)24-15-22(16-24,14-13-17-11-9-8-10-12-17)23-27-20(4,5)21(6,7)28-23/h8-12H,13-16H2,1-7H3. The smallest absolute Gasteiger partial charge is 0.444 e. The minimum atomic E-state index is -0.496. The van der Waals surface area contributed by atoms with Crippen LogP contribution in [0.15, 0.2) is 30.3 Å². The first-order chi connectivity index (χ1) is 12.8. The topological polar surface area (TPSA) is 48.0 Å². The van der Waals surface area contributed by atoms with Crippen LogP contribution in [0, 0.1) is 0 Å². The lowest BCUT2D eigenvalue weighted by Crippen LogP contribution is -2.62. The third-order valence-corrected chi connectivity index (χ3v) is 6.17. The van der Waals surface area contributed by atoms with Crippen LogP contribution in [0.3, 0.4) is 0 Å². The van der Waals surface area contributed by atoms with Crippen LogP contribution in [-0.4, -0.2) is 48.0 Å². The molecule has 0 bridgehead atoms. The number of carbonyl (C=O) groups is 1. The normalized spacial score (nSPS) is 22.7. The SMILES string of the molecule is CC(C)(C)OC(=O)N1CC(CCc2ccccc2)(B2OC(C)(C)C(C)(C)O2)C1. The van der Waals surface area contributed by atoms with Gasteiger partial charge in [0.15, 0.2) is 0 Å². The van der Waals surface area contributed by atoms with Gasteiger partial charge in [0, 0.05) is 18.4 Å². The maximum atomic E-state index is 12.5. The lowest BCUT2D eigenvalue weighted by atomic mass is 9.50. The van der Waals surface area contributed by atoms with E-state index in [1.54, 1.807) is 4.90 Å². The number of benzene rings is 1. The van der Waals surface area contributed by atoms with Crippen molar-refractivity contribution in [3.8, 4) is 0 Å². The predicted molar refractivity (Wildman–Crippen MR) is 111 cm³/mol. The molecule has 3 rings (SSSR count). The lowest BCUT2D eigenvalue weighted by Gasteiger charge is -2.50. The zero-order valence-electron chi connectivity index (χ0n) is 18.4. The summed E-state index contributed by atoms with van der Waals surface area (Å²) in [5.41, 5.74) is 0.0196. The average Bonchev–Trinajstić information content (AvgIpc) is 2.73. The molecule has 2 saturated heterocycles. The summed E-state index contributed by atoms with van der Waals surface area (Å²) in [5.74, 6) is 0. The maximum absolute atomic E-state index is 12.5. The van der Waals surface area contributed by atoms with Crippen molar-refractivity contribution >= 4 is 13.2 Å². The summed E-state index contributed by atoms with van der Waals surface area (Å²) in [4.78, 5) is 14.3. The highest BCUT2D eigenvalue weighted by Gasteiger charge is 2.64. The zero-order chi connectivity index (χ0) is 20.8. The van der Waals surface area contributed by atoms with Crippen LogP contribution in [-0.2, 0) is 20.5 Å². The van der Waals surface area contributed by atoms with Gasteiger partial charge in [-0.15, -0.1) is 0 Å². The van der Waals surface area contributed by atoms with Crippen LogP contribution in [0.1, 0.15) is 60.5 Å². The minimum Gasteiger partial charge on any atom is -0.444 e. The number of carbonyl (C=O) groups excluding carboxylic acids is 1. The first kappa shape index (κ1) is 21.2. The van der Waals surface area contributed by atoms with E-state index in [4.69, 9.17) is 14.0 Å². The molecular weight excluding hydrogens is 353 g/mol. The van der Waals surface area contributed by atoms with E-state index < -0.39 is 5.60 Å². The molecule has 5 nitrogen and oxygen atoms in total. The van der Waals surface area contributed by atoms with E-state index >= 15 is 0 Å². The second-order valence-corrected chi connectivity index (χ2v) is 10.3. The first-order valence-corrected chi connectivity index (χ1v) is 10.2. The quantitative estimate of drug-likeness (QED) is 0.703. The van der Waals surface area contributed by atoms with Crippen molar-refractivity contribution in [3.63, 3.8) is 0 Å². The molecule has 28 heavy (non-hydrogen) atoms. The van der Waals surface area contributed by atoms with Crippen molar-refractivity contribution in [2.45, 2.75) is 83.4 Å². The number of amides is 1. The molecule has 2 fully saturated rings. The zero-order valence-corrected chi connectivity index (χ0v) is 18.4. The molecule has 2 aliphatic rings. The summed E-state index contributed by atoms with van der Waals surface area (Å²) in [5, 5.41) is -0.224. The second-order valence-electron chi connectivity index (χ2n) is 10.3. The molecule has 1 aromatic carbocycles. The van der Waals surface area contributed by atoms with Gasteiger partial charge in [-0.05, 0) is 66.9 Å². The summed E-state index contributed by atoms with van der Waals surface area (Å²) in [6.07, 6.45) is 1.56. The van der Waals surface area contributed by atoms with Gasteiger partial charge in [0.2, 0.25) is 0 Å². The molecule has 0 spiro atoms. The Bertz CT molecular complexity index is 689. The monoisotopic (exact) mass is 387 g/mol. The van der Waals surface area contributed by atoms with Gasteiger partial charge in [0.25, 0.3) is 0 Å². The van der Waals surface area contributed by atoms with Crippen LogP contribution in [0.2, 0.25) is 5.31 Å². The van der Waals surface area contributed by atoms with Crippen LogP contribution in [0.25, 0.3) is 0 Å². The largest absolute Gasteiger partial charge is 0.468 e. The van der Waals surface area contributed by atoms with Gasteiger partial charge in [-0.1, -0.05) is 30.3 Å². The molecule has 1 amide bonds. The Labute approximate surface area is 169 Å². The Morgan fingerprint density at radius 3 is 2.11 bits per heavy atom. The van der Waals surface area contributed by atoms with E-state index in [0.717, 1.165) is 12.8 Å². The number of hydrogen-bond donors (Lipinski definition) is 0. The molecule has 0 aromatic heterocycles. The van der Waals surface area contributed by atoms with Gasteiger partial charge in [-0.2, -0.15) is 0 Å². The van der Waals surface area contributed by atoms with Gasteiger partial charge in [0.1, 0.15) is 5.60 Å². The van der Waals surface area contributed by atoms with Crippen molar-refractivity contribution in [1.29, 1.82) is 0 Å². The highest BCUT2D eigenvalue weighted by molar-refractivity contribution is 6.50. The predicted octanol–water partition coefficient (Wildman–Crippen LogP) is 4.70. The molecule has 1 aromatic rings. The molecule has 0 aliphatic carbocycles. The Balaban J connectivity index is 1.74. The van der Waals surface area contributed by atoms with E-state index in [9.17, 15) is 4.79 Å². The average molecular weight is 387 g/mol. The fourth-order valence-electron chi connectivity index (χ4n) is 3.73. The number of nitrogens with zero attached hydrogens (tertiary/aromatic N) is 1. The molecule has 2 heterocycles. The fourth-order valence-corrected chi connectivity index (χ4v) is 3.73. The van der Waals surface area contributed by atoms with E-state index in [1.165, 1.54) is 5.56 Å².